The normalized spacial score (nSPS) is 13.6. The lowest BCUT2D eigenvalue weighted by atomic mass is 10.1. The molecule has 0 saturated carbocycles. The van der Waals surface area contributed by atoms with Gasteiger partial charge in [0.25, 0.3) is 0 Å². The molecule has 1 rings (SSSR count). The molecule has 96 valence electrons. The van der Waals surface area contributed by atoms with E-state index < -0.39 is 9.84 Å². The quantitative estimate of drug-likeness (QED) is 0.820. The SMILES string of the molecule is CC(NCCCS(C)(=O)=O)c1cccc(Br)c1. The summed E-state index contributed by atoms with van der Waals surface area (Å²) in [5.41, 5.74) is 1.19. The highest BCUT2D eigenvalue weighted by Crippen LogP contribution is 2.17. The maximum absolute atomic E-state index is 11.0. The van der Waals surface area contributed by atoms with E-state index in [0.717, 1.165) is 4.47 Å². The fourth-order valence-corrected chi connectivity index (χ4v) is 2.63. The number of hydrogen-bond donors (Lipinski definition) is 1. The van der Waals surface area contributed by atoms with Gasteiger partial charge in [0.1, 0.15) is 9.84 Å². The zero-order valence-electron chi connectivity index (χ0n) is 10.1. The summed E-state index contributed by atoms with van der Waals surface area (Å²) in [5, 5.41) is 3.31. The van der Waals surface area contributed by atoms with Crippen molar-refractivity contribution in [1.29, 1.82) is 0 Å². The Morgan fingerprint density at radius 1 is 1.41 bits per heavy atom. The summed E-state index contributed by atoms with van der Waals surface area (Å²) in [6, 6.07) is 8.33. The van der Waals surface area contributed by atoms with Crippen molar-refractivity contribution in [1.82, 2.24) is 5.32 Å². The van der Waals surface area contributed by atoms with E-state index in [-0.39, 0.29) is 11.8 Å². The van der Waals surface area contributed by atoms with Crippen molar-refractivity contribution in [2.75, 3.05) is 18.6 Å². The second-order valence-electron chi connectivity index (χ2n) is 4.21. The first-order chi connectivity index (χ1) is 7.88. The number of halogens is 1. The van der Waals surface area contributed by atoms with Crippen molar-refractivity contribution in [3.63, 3.8) is 0 Å². The van der Waals surface area contributed by atoms with Crippen LogP contribution in [0.4, 0.5) is 0 Å². The van der Waals surface area contributed by atoms with Crippen LogP contribution in [0.15, 0.2) is 28.7 Å². The van der Waals surface area contributed by atoms with Crippen molar-refractivity contribution in [2.45, 2.75) is 19.4 Å². The van der Waals surface area contributed by atoms with Crippen molar-refractivity contribution in [3.05, 3.63) is 34.3 Å². The van der Waals surface area contributed by atoms with Crippen LogP contribution in [0.3, 0.4) is 0 Å². The molecule has 1 N–H and O–H groups in total. The predicted molar refractivity (Wildman–Crippen MR) is 74.9 cm³/mol. The Kier molecular flexibility index (Phi) is 5.62. The third-order valence-electron chi connectivity index (χ3n) is 2.49. The van der Waals surface area contributed by atoms with E-state index in [2.05, 4.69) is 40.3 Å². The minimum Gasteiger partial charge on any atom is -0.310 e. The van der Waals surface area contributed by atoms with Crippen LogP contribution in [0.5, 0.6) is 0 Å². The molecular formula is C12H18BrNO2S. The van der Waals surface area contributed by atoms with Gasteiger partial charge in [0.2, 0.25) is 0 Å². The first-order valence-electron chi connectivity index (χ1n) is 5.55. The van der Waals surface area contributed by atoms with E-state index in [1.165, 1.54) is 11.8 Å². The molecule has 17 heavy (non-hydrogen) atoms. The van der Waals surface area contributed by atoms with Crippen LogP contribution in [0.25, 0.3) is 0 Å². The molecule has 0 bridgehead atoms. The predicted octanol–water partition coefficient (Wildman–Crippen LogP) is 2.53. The summed E-state index contributed by atoms with van der Waals surface area (Å²) in [6.07, 6.45) is 1.92. The molecule has 0 aliphatic rings. The lowest BCUT2D eigenvalue weighted by Crippen LogP contribution is -2.21. The highest BCUT2D eigenvalue weighted by atomic mass is 79.9. The van der Waals surface area contributed by atoms with Crippen LogP contribution in [0.2, 0.25) is 0 Å². The Morgan fingerprint density at radius 3 is 2.71 bits per heavy atom. The fraction of sp³-hybridized carbons (Fsp3) is 0.500. The molecule has 0 fully saturated rings. The number of nitrogens with one attached hydrogen (secondary N) is 1. The fourth-order valence-electron chi connectivity index (χ4n) is 1.55. The zero-order chi connectivity index (χ0) is 12.9. The summed E-state index contributed by atoms with van der Waals surface area (Å²) in [6.45, 7) is 2.78. The summed E-state index contributed by atoms with van der Waals surface area (Å²) in [4.78, 5) is 0. The third kappa shape index (κ3) is 6.19. The van der Waals surface area contributed by atoms with Gasteiger partial charge in [-0.3, -0.25) is 0 Å². The minimum absolute atomic E-state index is 0.229. The summed E-state index contributed by atoms with van der Waals surface area (Å²) >= 11 is 3.43. The maximum Gasteiger partial charge on any atom is 0.147 e. The Balaban J connectivity index is 2.38. The molecule has 1 aromatic rings. The number of hydrogen-bond acceptors (Lipinski definition) is 3. The largest absolute Gasteiger partial charge is 0.310 e. The molecule has 1 atom stereocenters. The van der Waals surface area contributed by atoms with Gasteiger partial charge in [0.05, 0.1) is 5.75 Å². The van der Waals surface area contributed by atoms with Gasteiger partial charge in [-0.25, -0.2) is 8.42 Å². The lowest BCUT2D eigenvalue weighted by Gasteiger charge is -2.14. The van der Waals surface area contributed by atoms with Gasteiger partial charge >= 0.3 is 0 Å². The average molecular weight is 320 g/mol. The van der Waals surface area contributed by atoms with Crippen molar-refractivity contribution >= 4 is 25.8 Å². The van der Waals surface area contributed by atoms with Gasteiger partial charge in [-0.15, -0.1) is 0 Å². The standard InChI is InChI=1S/C12H18BrNO2S/c1-10(11-5-3-6-12(13)9-11)14-7-4-8-17(2,15)16/h3,5-6,9-10,14H,4,7-8H2,1-2H3. The summed E-state index contributed by atoms with van der Waals surface area (Å²) < 4.78 is 23.0. The molecule has 1 unspecified atom stereocenters. The van der Waals surface area contributed by atoms with Gasteiger partial charge in [-0.1, -0.05) is 28.1 Å². The van der Waals surface area contributed by atoms with Crippen LogP contribution in [0, 0.1) is 0 Å². The lowest BCUT2D eigenvalue weighted by molar-refractivity contribution is 0.562. The van der Waals surface area contributed by atoms with Crippen molar-refractivity contribution in [2.24, 2.45) is 0 Å². The van der Waals surface area contributed by atoms with E-state index in [4.69, 9.17) is 0 Å². The molecule has 0 saturated heterocycles. The molecule has 1 aromatic carbocycles. The van der Waals surface area contributed by atoms with E-state index >= 15 is 0 Å². The second-order valence-corrected chi connectivity index (χ2v) is 7.39. The summed E-state index contributed by atoms with van der Waals surface area (Å²) in [5.74, 6) is 0.241. The Morgan fingerprint density at radius 2 is 2.12 bits per heavy atom. The Bertz CT molecular complexity index is 459. The highest BCUT2D eigenvalue weighted by Gasteiger charge is 2.06. The molecule has 0 aliphatic heterocycles. The van der Waals surface area contributed by atoms with Gasteiger partial charge in [0.15, 0.2) is 0 Å². The first kappa shape index (κ1) is 14.7. The number of rotatable bonds is 6. The van der Waals surface area contributed by atoms with Crippen molar-refractivity contribution < 1.29 is 8.42 Å². The van der Waals surface area contributed by atoms with Crippen LogP contribution in [0.1, 0.15) is 24.9 Å². The zero-order valence-corrected chi connectivity index (χ0v) is 12.5. The molecule has 0 aliphatic carbocycles. The molecule has 0 amide bonds. The van der Waals surface area contributed by atoms with Gasteiger partial charge < -0.3 is 5.32 Å². The molecule has 0 spiro atoms. The molecule has 0 aromatic heterocycles. The minimum atomic E-state index is -2.84. The van der Waals surface area contributed by atoms with E-state index in [0.29, 0.717) is 13.0 Å². The van der Waals surface area contributed by atoms with Gasteiger partial charge in [-0.2, -0.15) is 0 Å². The van der Waals surface area contributed by atoms with Gasteiger partial charge in [-0.05, 0) is 37.6 Å². The maximum atomic E-state index is 11.0. The van der Waals surface area contributed by atoms with Crippen LogP contribution in [-0.2, 0) is 9.84 Å². The Hall–Kier alpha value is -0.390. The monoisotopic (exact) mass is 319 g/mol. The molecule has 0 heterocycles. The van der Waals surface area contributed by atoms with Crippen LogP contribution >= 0.6 is 15.9 Å². The molecule has 5 heteroatoms. The smallest absolute Gasteiger partial charge is 0.147 e. The Labute approximate surface area is 112 Å². The highest BCUT2D eigenvalue weighted by molar-refractivity contribution is 9.10. The van der Waals surface area contributed by atoms with Crippen LogP contribution in [-0.4, -0.2) is 27.0 Å². The van der Waals surface area contributed by atoms with E-state index in [1.54, 1.807) is 0 Å². The number of benzene rings is 1. The molecule has 0 radical (unpaired) electrons. The molecular weight excluding hydrogens is 302 g/mol. The average Bonchev–Trinajstić information content (AvgIpc) is 2.23. The van der Waals surface area contributed by atoms with Crippen LogP contribution < -0.4 is 5.32 Å². The van der Waals surface area contributed by atoms with E-state index in [9.17, 15) is 8.42 Å². The first-order valence-corrected chi connectivity index (χ1v) is 8.40. The second kappa shape index (κ2) is 6.52. The summed E-state index contributed by atoms with van der Waals surface area (Å²) in [7, 11) is -2.84. The molecule has 3 nitrogen and oxygen atoms in total. The van der Waals surface area contributed by atoms with E-state index in [1.807, 2.05) is 12.1 Å². The topological polar surface area (TPSA) is 46.2 Å². The number of sulfone groups is 1. The third-order valence-corrected chi connectivity index (χ3v) is 4.01. The van der Waals surface area contributed by atoms with Gasteiger partial charge in [0, 0.05) is 16.8 Å². The van der Waals surface area contributed by atoms with Crippen molar-refractivity contribution in [3.8, 4) is 0 Å².